The standard InChI is InChI=1S/C27H36N10O7/c28-17(8-14-11-33-18-5-2-1-4-16(14)18)23(40)35-19(6-3-7-32-27(29)30)24(41)36-20(10-22(38)39)25(42)37-21(26(43)44)9-15-12-31-13-34-15/h1-2,4-5,11-13,17,19-21,33H,3,6-10,28H2,(H,31,34)(H,35,40)(H,36,41)(H,37,42)(H,38,39)(H,43,44)(H4,29,30,32). The molecule has 4 atom stereocenters. The Morgan fingerprint density at radius 1 is 0.909 bits per heavy atom. The molecule has 0 fully saturated rings. The molecule has 0 radical (unpaired) electrons. The number of para-hydroxylation sites is 1. The molecule has 3 rings (SSSR count). The molecule has 2 aromatic heterocycles. The van der Waals surface area contributed by atoms with Crippen molar-refractivity contribution in [2.75, 3.05) is 6.54 Å². The average Bonchev–Trinajstić information content (AvgIpc) is 3.63. The Bertz CT molecular complexity index is 1480. The Morgan fingerprint density at radius 2 is 1.59 bits per heavy atom. The molecule has 3 amide bonds. The van der Waals surface area contributed by atoms with Crippen LogP contribution < -0.4 is 33.2 Å². The minimum atomic E-state index is -1.67. The molecule has 3 aromatic rings. The van der Waals surface area contributed by atoms with Crippen LogP contribution in [0.15, 0.2) is 48.0 Å². The average molecular weight is 613 g/mol. The Hall–Kier alpha value is -5.45. The largest absolute Gasteiger partial charge is 0.481 e. The van der Waals surface area contributed by atoms with Crippen LogP contribution in [0.5, 0.6) is 0 Å². The number of guanidine groups is 1. The van der Waals surface area contributed by atoms with E-state index in [0.29, 0.717) is 5.69 Å². The molecule has 0 aliphatic carbocycles. The van der Waals surface area contributed by atoms with Crippen molar-refractivity contribution in [3.05, 3.63) is 54.2 Å². The van der Waals surface area contributed by atoms with Gasteiger partial charge in [0.2, 0.25) is 17.7 Å². The van der Waals surface area contributed by atoms with E-state index in [-0.39, 0.29) is 38.2 Å². The van der Waals surface area contributed by atoms with Gasteiger partial charge in [0, 0.05) is 42.0 Å². The third-order valence-corrected chi connectivity index (χ3v) is 6.63. The second kappa shape index (κ2) is 15.7. The number of carboxylic acids is 2. The van der Waals surface area contributed by atoms with E-state index < -0.39 is 60.2 Å². The summed E-state index contributed by atoms with van der Waals surface area (Å²) in [5, 5.41) is 27.0. The lowest BCUT2D eigenvalue weighted by molar-refractivity contribution is -0.143. The number of imidazole rings is 1. The summed E-state index contributed by atoms with van der Waals surface area (Å²) in [6.45, 7) is 0.121. The molecule has 0 saturated heterocycles. The van der Waals surface area contributed by atoms with Crippen LogP contribution in [0.1, 0.15) is 30.5 Å². The molecule has 0 aliphatic heterocycles. The van der Waals surface area contributed by atoms with Crippen molar-refractivity contribution in [2.24, 2.45) is 22.2 Å². The first-order valence-electron chi connectivity index (χ1n) is 13.6. The van der Waals surface area contributed by atoms with Crippen LogP contribution in [0.4, 0.5) is 0 Å². The number of carbonyl (C=O) groups excluding carboxylic acids is 3. The molecule has 13 N–H and O–H groups in total. The second-order valence-electron chi connectivity index (χ2n) is 10.0. The molecule has 4 unspecified atom stereocenters. The minimum Gasteiger partial charge on any atom is -0.481 e. The monoisotopic (exact) mass is 612 g/mol. The van der Waals surface area contributed by atoms with E-state index in [1.807, 2.05) is 24.3 Å². The van der Waals surface area contributed by atoms with Crippen LogP contribution in [0.2, 0.25) is 0 Å². The maximum atomic E-state index is 13.3. The summed E-state index contributed by atoms with van der Waals surface area (Å²) in [6.07, 6.45) is 3.80. The van der Waals surface area contributed by atoms with Gasteiger partial charge in [-0.15, -0.1) is 0 Å². The summed E-state index contributed by atoms with van der Waals surface area (Å²) in [4.78, 5) is 76.2. The Balaban J connectivity index is 1.72. The summed E-state index contributed by atoms with van der Waals surface area (Å²) >= 11 is 0. The highest BCUT2D eigenvalue weighted by atomic mass is 16.4. The number of nitrogens with one attached hydrogen (secondary N) is 5. The molecule has 17 nitrogen and oxygen atoms in total. The first-order valence-corrected chi connectivity index (χ1v) is 13.6. The van der Waals surface area contributed by atoms with Gasteiger partial charge in [-0.1, -0.05) is 18.2 Å². The summed E-state index contributed by atoms with van der Waals surface area (Å²) < 4.78 is 0. The molecular formula is C27H36N10O7. The zero-order valence-corrected chi connectivity index (χ0v) is 23.7. The quantitative estimate of drug-likeness (QED) is 0.0455. The molecular weight excluding hydrogens is 576 g/mol. The topological polar surface area (TPSA) is 297 Å². The normalized spacial score (nSPS) is 13.7. The van der Waals surface area contributed by atoms with Crippen molar-refractivity contribution in [2.45, 2.75) is 56.3 Å². The van der Waals surface area contributed by atoms with Gasteiger partial charge in [0.25, 0.3) is 0 Å². The molecule has 236 valence electrons. The number of nitrogens with zero attached hydrogens (tertiary/aromatic N) is 2. The Kier molecular flexibility index (Phi) is 11.8. The SMILES string of the molecule is NC(N)=NCCCC(NC(=O)C(N)Cc1c[nH]c2ccccc12)C(=O)NC(CC(=O)O)C(=O)NC(Cc1cnc[nH]1)C(=O)O. The van der Waals surface area contributed by atoms with Crippen LogP contribution in [0, 0.1) is 0 Å². The third kappa shape index (κ3) is 9.83. The summed E-state index contributed by atoms with van der Waals surface area (Å²) in [5.74, 6) is -5.58. The number of amides is 3. The van der Waals surface area contributed by atoms with E-state index in [2.05, 4.69) is 35.9 Å². The van der Waals surface area contributed by atoms with Crippen molar-refractivity contribution in [1.29, 1.82) is 0 Å². The number of carboxylic acid groups (broad SMARTS) is 2. The zero-order chi connectivity index (χ0) is 32.2. The molecule has 0 saturated carbocycles. The first kappa shape index (κ1) is 33.1. The predicted molar refractivity (Wildman–Crippen MR) is 158 cm³/mol. The number of fused-ring (bicyclic) bond motifs is 1. The summed E-state index contributed by atoms with van der Waals surface area (Å²) in [5.41, 5.74) is 19.0. The lowest BCUT2D eigenvalue weighted by atomic mass is 10.0. The highest BCUT2D eigenvalue weighted by molar-refractivity contribution is 5.96. The van der Waals surface area contributed by atoms with Crippen LogP contribution in [0.25, 0.3) is 10.9 Å². The van der Waals surface area contributed by atoms with Crippen molar-refractivity contribution in [1.82, 2.24) is 30.9 Å². The summed E-state index contributed by atoms with van der Waals surface area (Å²) in [6, 6.07) is 2.04. The molecule has 17 heteroatoms. The minimum absolute atomic E-state index is 0.00709. The van der Waals surface area contributed by atoms with Gasteiger partial charge in [0.15, 0.2) is 5.96 Å². The van der Waals surface area contributed by atoms with Crippen molar-refractivity contribution in [3.63, 3.8) is 0 Å². The van der Waals surface area contributed by atoms with Crippen LogP contribution in [-0.4, -0.2) is 91.5 Å². The van der Waals surface area contributed by atoms with Crippen molar-refractivity contribution >= 4 is 46.5 Å². The van der Waals surface area contributed by atoms with Gasteiger partial charge in [0.05, 0.1) is 18.8 Å². The fraction of sp³-hybridized carbons (Fsp3) is 0.370. The number of hydrogen-bond donors (Lipinski definition) is 10. The van der Waals surface area contributed by atoms with Gasteiger partial charge < -0.3 is 53.3 Å². The molecule has 1 aromatic carbocycles. The number of H-pyrrole nitrogens is 2. The van der Waals surface area contributed by atoms with Crippen molar-refractivity contribution in [3.8, 4) is 0 Å². The Morgan fingerprint density at radius 3 is 2.25 bits per heavy atom. The molecule has 44 heavy (non-hydrogen) atoms. The number of hydrogen-bond acceptors (Lipinski definition) is 8. The second-order valence-corrected chi connectivity index (χ2v) is 10.0. The van der Waals surface area contributed by atoms with E-state index in [1.165, 1.54) is 12.5 Å². The number of aliphatic carboxylic acids is 2. The van der Waals surface area contributed by atoms with E-state index in [4.69, 9.17) is 17.2 Å². The number of aliphatic imine (C=N–C) groups is 1. The lowest BCUT2D eigenvalue weighted by Gasteiger charge is -2.24. The van der Waals surface area contributed by atoms with E-state index in [0.717, 1.165) is 16.5 Å². The number of rotatable bonds is 17. The van der Waals surface area contributed by atoms with Gasteiger partial charge >= 0.3 is 11.9 Å². The maximum Gasteiger partial charge on any atom is 0.326 e. The highest BCUT2D eigenvalue weighted by Crippen LogP contribution is 2.19. The zero-order valence-electron chi connectivity index (χ0n) is 23.7. The molecule has 0 spiro atoms. The van der Waals surface area contributed by atoms with Gasteiger partial charge in [-0.25, -0.2) is 9.78 Å². The maximum absolute atomic E-state index is 13.3. The smallest absolute Gasteiger partial charge is 0.326 e. The number of nitrogens with two attached hydrogens (primary N) is 3. The third-order valence-electron chi connectivity index (χ3n) is 6.63. The first-order chi connectivity index (χ1) is 20.9. The molecule has 0 bridgehead atoms. The van der Waals surface area contributed by atoms with Gasteiger partial charge in [-0.05, 0) is 30.9 Å². The van der Waals surface area contributed by atoms with E-state index >= 15 is 0 Å². The lowest BCUT2D eigenvalue weighted by Crippen LogP contribution is -2.57. The number of aromatic nitrogens is 3. The van der Waals surface area contributed by atoms with Gasteiger partial charge in [-0.2, -0.15) is 0 Å². The molecule has 2 heterocycles. The van der Waals surface area contributed by atoms with Crippen LogP contribution >= 0.6 is 0 Å². The predicted octanol–water partition coefficient (Wildman–Crippen LogP) is -1.93. The van der Waals surface area contributed by atoms with Gasteiger partial charge in [0.1, 0.15) is 18.1 Å². The number of benzene rings is 1. The van der Waals surface area contributed by atoms with Crippen LogP contribution in [0.3, 0.4) is 0 Å². The van der Waals surface area contributed by atoms with Gasteiger partial charge in [-0.3, -0.25) is 24.2 Å². The van der Waals surface area contributed by atoms with Crippen molar-refractivity contribution < 1.29 is 34.2 Å². The highest BCUT2D eigenvalue weighted by Gasteiger charge is 2.32. The number of carbonyl (C=O) groups is 5. The fourth-order valence-electron chi connectivity index (χ4n) is 4.43. The summed E-state index contributed by atoms with van der Waals surface area (Å²) in [7, 11) is 0. The fourth-order valence-corrected chi connectivity index (χ4v) is 4.43. The van der Waals surface area contributed by atoms with E-state index in [1.54, 1.807) is 6.20 Å². The Labute approximate surface area is 251 Å². The van der Waals surface area contributed by atoms with E-state index in [9.17, 15) is 34.2 Å². The molecule has 0 aliphatic rings. The van der Waals surface area contributed by atoms with Crippen LogP contribution in [-0.2, 0) is 36.8 Å². The number of aromatic amines is 2.